The number of nitrogens with zero attached hydrogens (tertiary/aromatic N) is 1. The van der Waals surface area contributed by atoms with Crippen molar-refractivity contribution in [3.63, 3.8) is 0 Å². The van der Waals surface area contributed by atoms with Crippen LogP contribution in [0.1, 0.15) is 116 Å². The lowest BCUT2D eigenvalue weighted by molar-refractivity contribution is -0.179. The minimum absolute atomic E-state index is 0.00616. The normalized spacial score (nSPS) is 19.1. The molecular formula is C72H100ClN7O20. The van der Waals surface area contributed by atoms with Gasteiger partial charge in [0, 0.05) is 64.2 Å². The smallest absolute Gasteiger partial charge is 0.407 e. The highest BCUT2D eigenvalue weighted by atomic mass is 35.5. The number of hydrogen-bond acceptors (Lipinski definition) is 20. The highest BCUT2D eigenvalue weighted by molar-refractivity contribution is 6.32. The number of esters is 3. The summed E-state index contributed by atoms with van der Waals surface area (Å²) in [5.41, 5.74) is 1.96. The van der Waals surface area contributed by atoms with E-state index in [0.29, 0.717) is 60.6 Å². The molecular weight excluding hydrogens is 1320 g/mol. The van der Waals surface area contributed by atoms with Crippen LogP contribution >= 0.6 is 11.6 Å². The topological polar surface area (TPSA) is 342 Å². The van der Waals surface area contributed by atoms with Gasteiger partial charge in [0.1, 0.15) is 49.3 Å². The number of rotatable bonds is 38. The number of hydrogen-bond donors (Lipinski definition) is 6. The number of amides is 7. The minimum Gasteiger partial charge on any atom is -0.495 e. The van der Waals surface area contributed by atoms with Crippen LogP contribution in [0.2, 0.25) is 5.02 Å². The molecule has 1 fully saturated rings. The standard InChI is InChI=1S/C72H100ClN7O20/c1-12-31-96-62(84)27-30-80(61(83)28-32-93-35-36-95-38-37-94-34-33-91-10)29-26-60(82)79-63(46(4)5)68(87)76-48(7)66(85)77-53-23-18-50(19-24-53)43-97-71(90)74-42-49-16-21-52(22-17-49)65-64(100-65)47(6)56-14-13-15-59(81)78-55(41-51-20-25-57(92-11)54(73)40-51)67(86)75-44-72(8,9)70(89)99-58(39-45(2)3)69(88)98-56/h12-13,15-25,40,45-48,55-56,58,63-65H,1,14,26-39,41-44H2,2-11H3,(H,74,90)(H,75,86)(H,76,87)(H,77,85)(H,78,81)(H,79,82)/b15-13+/t47-,48-,55+,56-,58-,63-,64+,65+/m0/s1. The number of nitrogens with one attached hydrogen (secondary N) is 6. The first-order valence-electron chi connectivity index (χ1n) is 33.6. The molecule has 27 nitrogen and oxygen atoms in total. The second-order valence-corrected chi connectivity index (χ2v) is 26.1. The van der Waals surface area contributed by atoms with Crippen molar-refractivity contribution in [1.82, 2.24) is 31.5 Å². The second-order valence-electron chi connectivity index (χ2n) is 25.7. The zero-order valence-electron chi connectivity index (χ0n) is 59.0. The summed E-state index contributed by atoms with van der Waals surface area (Å²) in [5, 5.41) is 16.7. The summed E-state index contributed by atoms with van der Waals surface area (Å²) < 4.78 is 55.3. The van der Waals surface area contributed by atoms with E-state index >= 15 is 0 Å². The van der Waals surface area contributed by atoms with Gasteiger partial charge in [-0.1, -0.05) is 107 Å². The first-order chi connectivity index (χ1) is 47.7. The molecule has 0 spiro atoms. The Hall–Kier alpha value is -8.47. The molecule has 1 saturated heterocycles. The highest BCUT2D eigenvalue weighted by Crippen LogP contribution is 2.45. The molecule has 3 aromatic carbocycles. The molecule has 2 heterocycles. The molecule has 0 unspecified atom stereocenters. The van der Waals surface area contributed by atoms with Gasteiger partial charge in [-0.05, 0) is 91.6 Å². The molecule has 0 bridgehead atoms. The number of ether oxygens (including phenoxy) is 10. The third-order valence-corrected chi connectivity index (χ3v) is 16.5. The van der Waals surface area contributed by atoms with Crippen LogP contribution in [0, 0.1) is 23.2 Å². The van der Waals surface area contributed by atoms with E-state index < -0.39 is 107 Å². The average molecular weight is 1420 g/mol. The van der Waals surface area contributed by atoms with Gasteiger partial charge in [0.05, 0.1) is 82.7 Å². The predicted octanol–water partition coefficient (Wildman–Crippen LogP) is 6.56. The maximum Gasteiger partial charge on any atom is 0.407 e. The maximum absolute atomic E-state index is 14.0. The summed E-state index contributed by atoms with van der Waals surface area (Å²) in [6.07, 6.45) is 0.664. The van der Waals surface area contributed by atoms with Crippen molar-refractivity contribution < 1.29 is 95.3 Å². The molecule has 2 aliphatic heterocycles. The van der Waals surface area contributed by atoms with Gasteiger partial charge < -0.3 is 84.2 Å². The Balaban J connectivity index is 1.08. The van der Waals surface area contributed by atoms with Crippen LogP contribution in [0.25, 0.3) is 0 Å². The van der Waals surface area contributed by atoms with Gasteiger partial charge in [-0.2, -0.15) is 0 Å². The molecule has 3 aromatic rings. The Morgan fingerprint density at radius 3 is 2.06 bits per heavy atom. The van der Waals surface area contributed by atoms with Crippen LogP contribution in [-0.4, -0.2) is 187 Å². The third kappa shape index (κ3) is 29.0. The number of carbonyl (C=O) groups excluding carboxylic acids is 10. The molecule has 28 heteroatoms. The van der Waals surface area contributed by atoms with Crippen molar-refractivity contribution >= 4 is 76.7 Å². The monoisotopic (exact) mass is 1420 g/mol. The number of cyclic esters (lactones) is 2. The molecule has 8 atom stereocenters. The van der Waals surface area contributed by atoms with Gasteiger partial charge in [-0.3, -0.25) is 38.4 Å². The number of carbonyl (C=O) groups is 10. The van der Waals surface area contributed by atoms with Crippen molar-refractivity contribution in [2.75, 3.05) is 92.0 Å². The average Bonchev–Trinajstić information content (AvgIpc) is 1.62. The third-order valence-electron chi connectivity index (χ3n) is 16.2. The molecule has 2 aliphatic rings. The zero-order chi connectivity index (χ0) is 73.3. The van der Waals surface area contributed by atoms with E-state index in [1.54, 1.807) is 83.3 Å². The van der Waals surface area contributed by atoms with E-state index in [1.807, 2.05) is 45.0 Å². The highest BCUT2D eigenvalue weighted by Gasteiger charge is 2.48. The Labute approximate surface area is 590 Å². The minimum atomic E-state index is -1.29. The Bertz CT molecular complexity index is 3220. The molecule has 0 aliphatic carbocycles. The van der Waals surface area contributed by atoms with E-state index in [9.17, 15) is 47.9 Å². The Kier molecular flexibility index (Phi) is 35.0. The van der Waals surface area contributed by atoms with Gasteiger partial charge in [0.15, 0.2) is 6.10 Å². The van der Waals surface area contributed by atoms with E-state index in [1.165, 1.54) is 31.1 Å². The van der Waals surface area contributed by atoms with E-state index in [0.717, 1.165) is 11.1 Å². The van der Waals surface area contributed by atoms with Crippen molar-refractivity contribution in [1.29, 1.82) is 0 Å². The molecule has 6 N–H and O–H groups in total. The van der Waals surface area contributed by atoms with E-state index in [-0.39, 0.29) is 109 Å². The number of epoxide rings is 1. The van der Waals surface area contributed by atoms with Crippen LogP contribution in [0.3, 0.4) is 0 Å². The van der Waals surface area contributed by atoms with Crippen LogP contribution in [0.4, 0.5) is 10.5 Å². The number of benzene rings is 3. The molecule has 0 radical (unpaired) electrons. The van der Waals surface area contributed by atoms with Crippen LogP contribution in [0.5, 0.6) is 5.75 Å². The summed E-state index contributed by atoms with van der Waals surface area (Å²) in [6.45, 7) is 19.4. The van der Waals surface area contributed by atoms with Crippen LogP contribution in [-0.2, 0) is 105 Å². The van der Waals surface area contributed by atoms with Gasteiger partial charge in [0.25, 0.3) is 0 Å². The summed E-state index contributed by atoms with van der Waals surface area (Å²) in [5.74, 6) is -5.64. The SMILES string of the molecule is C=CCOC(=O)CCN(CCC(=O)N[C@H](C(=O)N[C@@H](C)C(=O)Nc1ccc(COC(=O)NCc2ccc([C@H]3O[C@@H]3[C@@H](C)[C@@H]3C/C=C/C(=O)N[C@H](Cc4ccc(OC)c(Cl)c4)C(=O)NCC(C)(C)C(=O)O[C@@H](CC(C)C)C(=O)O3)cc2)cc1)C(C)C)C(=O)CCOCCOCCOCCOC. The van der Waals surface area contributed by atoms with Crippen molar-refractivity contribution in [3.05, 3.63) is 119 Å². The number of methoxy groups -OCH3 is 2. The lowest BCUT2D eigenvalue weighted by Gasteiger charge is -2.29. The Morgan fingerprint density at radius 1 is 0.770 bits per heavy atom. The van der Waals surface area contributed by atoms with Crippen molar-refractivity contribution in [2.24, 2.45) is 23.2 Å². The second kappa shape index (κ2) is 42.6. The summed E-state index contributed by atoms with van der Waals surface area (Å²) in [4.78, 5) is 135. The van der Waals surface area contributed by atoms with Crippen LogP contribution < -0.4 is 36.6 Å². The van der Waals surface area contributed by atoms with Crippen molar-refractivity contribution in [3.8, 4) is 5.75 Å². The van der Waals surface area contributed by atoms with Gasteiger partial charge in [0.2, 0.25) is 35.4 Å². The van der Waals surface area contributed by atoms with Gasteiger partial charge in [-0.25, -0.2) is 9.59 Å². The fourth-order valence-corrected chi connectivity index (χ4v) is 10.4. The predicted molar refractivity (Wildman–Crippen MR) is 369 cm³/mol. The summed E-state index contributed by atoms with van der Waals surface area (Å²) in [7, 11) is 3.07. The number of alkyl carbamates (subject to hydrolysis) is 1. The zero-order valence-corrected chi connectivity index (χ0v) is 59.7. The lowest BCUT2D eigenvalue weighted by Crippen LogP contribution is -2.54. The molecule has 7 amide bonds. The summed E-state index contributed by atoms with van der Waals surface area (Å²) in [6, 6.07) is 15.8. The first kappa shape index (κ1) is 82.2. The van der Waals surface area contributed by atoms with E-state index in [2.05, 4.69) is 38.5 Å². The number of anilines is 1. The quantitative estimate of drug-likeness (QED) is 0.0116. The molecule has 5 rings (SSSR count). The molecule has 100 heavy (non-hydrogen) atoms. The van der Waals surface area contributed by atoms with Crippen LogP contribution in [0.15, 0.2) is 91.5 Å². The molecule has 0 saturated carbocycles. The maximum atomic E-state index is 14.0. The largest absolute Gasteiger partial charge is 0.495 e. The first-order valence-corrected chi connectivity index (χ1v) is 34.0. The van der Waals surface area contributed by atoms with Gasteiger partial charge >= 0.3 is 24.0 Å². The van der Waals surface area contributed by atoms with E-state index in [4.69, 9.17) is 59.0 Å². The molecule has 550 valence electrons. The Morgan fingerprint density at radius 2 is 1.42 bits per heavy atom. The number of halogens is 1. The summed E-state index contributed by atoms with van der Waals surface area (Å²) >= 11 is 6.39. The van der Waals surface area contributed by atoms with Crippen molar-refractivity contribution in [2.45, 2.75) is 150 Å². The molecule has 0 aromatic heterocycles. The lowest BCUT2D eigenvalue weighted by atomic mass is 9.92. The van der Waals surface area contributed by atoms with Gasteiger partial charge in [-0.15, -0.1) is 0 Å². The fourth-order valence-electron chi connectivity index (χ4n) is 10.2. The fraction of sp³-hybridized carbons (Fsp3) is 0.556.